The van der Waals surface area contributed by atoms with Crippen LogP contribution in [0.3, 0.4) is 0 Å². The van der Waals surface area contributed by atoms with Crippen molar-refractivity contribution in [2.45, 2.75) is 25.9 Å². The zero-order valence-electron chi connectivity index (χ0n) is 10.1. The smallest absolute Gasteiger partial charge is 0.301 e. The molecule has 0 bridgehead atoms. The van der Waals surface area contributed by atoms with Crippen LogP contribution in [0, 0.1) is 0 Å². The Morgan fingerprint density at radius 1 is 1.12 bits per heavy atom. The molecule has 0 N–H and O–H groups in total. The van der Waals surface area contributed by atoms with Crippen LogP contribution in [0.4, 0.5) is 13.2 Å². The Hall–Kier alpha value is -0.620. The molecule has 0 aromatic heterocycles. The summed E-state index contributed by atoms with van der Waals surface area (Å²) < 4.78 is 36.4. The SMILES string of the molecule is CC(=O)CCCN1CCN(CC(F)(F)F)CC1. The summed E-state index contributed by atoms with van der Waals surface area (Å²) in [6, 6.07) is 0. The van der Waals surface area contributed by atoms with E-state index >= 15 is 0 Å². The summed E-state index contributed by atoms with van der Waals surface area (Å²) in [5, 5.41) is 0. The number of halogens is 3. The minimum absolute atomic E-state index is 0.167. The average molecular weight is 252 g/mol. The topological polar surface area (TPSA) is 23.6 Å². The van der Waals surface area contributed by atoms with E-state index in [1.54, 1.807) is 6.92 Å². The summed E-state index contributed by atoms with van der Waals surface area (Å²) in [6.07, 6.45) is -2.74. The van der Waals surface area contributed by atoms with Gasteiger partial charge in [0.2, 0.25) is 0 Å². The summed E-state index contributed by atoms with van der Waals surface area (Å²) in [5.41, 5.74) is 0. The van der Waals surface area contributed by atoms with Gasteiger partial charge >= 0.3 is 6.18 Å². The molecule has 1 aliphatic rings. The van der Waals surface area contributed by atoms with Crippen molar-refractivity contribution in [1.29, 1.82) is 0 Å². The van der Waals surface area contributed by atoms with Gasteiger partial charge in [-0.1, -0.05) is 0 Å². The van der Waals surface area contributed by atoms with Crippen LogP contribution in [0.1, 0.15) is 19.8 Å². The zero-order chi connectivity index (χ0) is 12.9. The molecular weight excluding hydrogens is 233 g/mol. The number of rotatable bonds is 5. The third-order valence-electron chi connectivity index (χ3n) is 2.87. The van der Waals surface area contributed by atoms with Gasteiger partial charge in [0, 0.05) is 32.6 Å². The van der Waals surface area contributed by atoms with Gasteiger partial charge in [-0.25, -0.2) is 0 Å². The number of alkyl halides is 3. The van der Waals surface area contributed by atoms with Gasteiger partial charge in [0.1, 0.15) is 5.78 Å². The molecule has 0 aliphatic carbocycles. The average Bonchev–Trinajstić information content (AvgIpc) is 2.18. The van der Waals surface area contributed by atoms with Gasteiger partial charge in [0.25, 0.3) is 0 Å². The number of carbonyl (C=O) groups excluding carboxylic acids is 1. The molecule has 0 unspecified atom stereocenters. The highest BCUT2D eigenvalue weighted by Gasteiger charge is 2.31. The van der Waals surface area contributed by atoms with E-state index in [2.05, 4.69) is 4.90 Å². The lowest BCUT2D eigenvalue weighted by Crippen LogP contribution is -2.49. The second-order valence-corrected chi connectivity index (χ2v) is 4.54. The van der Waals surface area contributed by atoms with Crippen LogP contribution in [0.15, 0.2) is 0 Å². The van der Waals surface area contributed by atoms with Gasteiger partial charge in [0.05, 0.1) is 6.54 Å². The van der Waals surface area contributed by atoms with Crippen LogP contribution >= 0.6 is 0 Å². The maximum Gasteiger partial charge on any atom is 0.401 e. The molecule has 100 valence electrons. The van der Waals surface area contributed by atoms with Gasteiger partial charge < -0.3 is 9.69 Å². The number of hydrogen-bond donors (Lipinski definition) is 0. The normalized spacial score (nSPS) is 19.5. The van der Waals surface area contributed by atoms with Crippen LogP contribution in [-0.2, 0) is 4.79 Å². The second-order valence-electron chi connectivity index (χ2n) is 4.54. The lowest BCUT2D eigenvalue weighted by atomic mass is 10.2. The molecule has 17 heavy (non-hydrogen) atoms. The van der Waals surface area contributed by atoms with Gasteiger partial charge in [-0.3, -0.25) is 4.90 Å². The van der Waals surface area contributed by atoms with Crippen molar-refractivity contribution in [1.82, 2.24) is 9.80 Å². The highest BCUT2D eigenvalue weighted by Crippen LogP contribution is 2.17. The van der Waals surface area contributed by atoms with Crippen LogP contribution in [0.2, 0.25) is 0 Å². The molecule has 1 fully saturated rings. The highest BCUT2D eigenvalue weighted by molar-refractivity contribution is 5.75. The molecule has 0 atom stereocenters. The van der Waals surface area contributed by atoms with Gasteiger partial charge in [-0.2, -0.15) is 13.2 Å². The van der Waals surface area contributed by atoms with Crippen molar-refractivity contribution in [3.63, 3.8) is 0 Å². The van der Waals surface area contributed by atoms with Crippen molar-refractivity contribution < 1.29 is 18.0 Å². The Bertz CT molecular complexity index is 248. The molecule has 1 aliphatic heterocycles. The predicted molar refractivity (Wildman–Crippen MR) is 58.9 cm³/mol. The van der Waals surface area contributed by atoms with Crippen molar-refractivity contribution in [2.24, 2.45) is 0 Å². The molecule has 0 aromatic rings. The van der Waals surface area contributed by atoms with E-state index < -0.39 is 12.7 Å². The van der Waals surface area contributed by atoms with Crippen LogP contribution in [-0.4, -0.2) is 61.0 Å². The third-order valence-corrected chi connectivity index (χ3v) is 2.87. The quantitative estimate of drug-likeness (QED) is 0.741. The minimum Gasteiger partial charge on any atom is -0.301 e. The Morgan fingerprint density at radius 2 is 1.65 bits per heavy atom. The molecular formula is C11H19F3N2O. The van der Waals surface area contributed by atoms with Crippen LogP contribution < -0.4 is 0 Å². The molecule has 0 spiro atoms. The number of piperazine rings is 1. The monoisotopic (exact) mass is 252 g/mol. The number of ketones is 1. The molecule has 6 heteroatoms. The Kier molecular flexibility index (Phi) is 5.39. The molecule has 0 saturated carbocycles. The largest absolute Gasteiger partial charge is 0.401 e. The van der Waals surface area contributed by atoms with Crippen molar-refractivity contribution in [2.75, 3.05) is 39.3 Å². The number of carbonyl (C=O) groups is 1. The first-order valence-electron chi connectivity index (χ1n) is 5.88. The summed E-state index contributed by atoms with van der Waals surface area (Å²) in [5.74, 6) is 0.167. The fourth-order valence-electron chi connectivity index (χ4n) is 1.98. The zero-order valence-corrected chi connectivity index (χ0v) is 10.1. The van der Waals surface area contributed by atoms with Gasteiger partial charge in [-0.05, 0) is 19.9 Å². The lowest BCUT2D eigenvalue weighted by Gasteiger charge is -2.34. The van der Waals surface area contributed by atoms with Crippen LogP contribution in [0.25, 0.3) is 0 Å². The summed E-state index contributed by atoms with van der Waals surface area (Å²) in [6.45, 7) is 3.79. The van der Waals surface area contributed by atoms with E-state index in [0.717, 1.165) is 13.0 Å². The van der Waals surface area contributed by atoms with Crippen LogP contribution in [0.5, 0.6) is 0 Å². The van der Waals surface area contributed by atoms with E-state index in [1.165, 1.54) is 4.90 Å². The highest BCUT2D eigenvalue weighted by atomic mass is 19.4. The maximum absolute atomic E-state index is 12.1. The van der Waals surface area contributed by atoms with E-state index in [9.17, 15) is 18.0 Å². The van der Waals surface area contributed by atoms with E-state index in [1.807, 2.05) is 0 Å². The van der Waals surface area contributed by atoms with E-state index in [-0.39, 0.29) is 5.78 Å². The Balaban J connectivity index is 2.15. The molecule has 1 saturated heterocycles. The Labute approximate surface area is 99.6 Å². The number of hydrogen-bond acceptors (Lipinski definition) is 3. The molecule has 1 heterocycles. The molecule has 3 nitrogen and oxygen atoms in total. The number of nitrogens with zero attached hydrogens (tertiary/aromatic N) is 2. The standard InChI is InChI=1S/C11H19F3N2O/c1-10(17)3-2-4-15-5-7-16(8-6-15)9-11(12,13)14/h2-9H2,1H3. The lowest BCUT2D eigenvalue weighted by molar-refractivity contribution is -0.149. The fraction of sp³-hybridized carbons (Fsp3) is 0.909. The fourth-order valence-corrected chi connectivity index (χ4v) is 1.98. The van der Waals surface area contributed by atoms with E-state index in [4.69, 9.17) is 0 Å². The maximum atomic E-state index is 12.1. The Morgan fingerprint density at radius 3 is 2.12 bits per heavy atom. The summed E-state index contributed by atoms with van der Waals surface area (Å²) in [4.78, 5) is 14.3. The molecule has 0 radical (unpaired) electrons. The number of Topliss-reactive ketones (excluding diaryl/α,β-unsaturated/α-hetero) is 1. The molecule has 0 amide bonds. The van der Waals surface area contributed by atoms with Crippen molar-refractivity contribution in [3.05, 3.63) is 0 Å². The minimum atomic E-state index is -4.10. The van der Waals surface area contributed by atoms with Gasteiger partial charge in [-0.15, -0.1) is 0 Å². The van der Waals surface area contributed by atoms with Crippen molar-refractivity contribution in [3.8, 4) is 0 Å². The summed E-state index contributed by atoms with van der Waals surface area (Å²) >= 11 is 0. The first-order valence-corrected chi connectivity index (χ1v) is 5.88. The second kappa shape index (κ2) is 6.35. The first kappa shape index (κ1) is 14.4. The molecule has 1 rings (SSSR count). The first-order chi connectivity index (χ1) is 7.87. The van der Waals surface area contributed by atoms with Gasteiger partial charge in [0.15, 0.2) is 0 Å². The predicted octanol–water partition coefficient (Wildman–Crippen LogP) is 1.54. The van der Waals surface area contributed by atoms with E-state index in [0.29, 0.717) is 32.6 Å². The summed E-state index contributed by atoms with van der Waals surface area (Å²) in [7, 11) is 0. The van der Waals surface area contributed by atoms with Crippen molar-refractivity contribution >= 4 is 5.78 Å². The molecule has 0 aromatic carbocycles. The third kappa shape index (κ3) is 6.63.